The van der Waals surface area contributed by atoms with Gasteiger partial charge in [-0.2, -0.15) is 12.6 Å². The van der Waals surface area contributed by atoms with Crippen LogP contribution in [0.3, 0.4) is 0 Å². The topological polar surface area (TPSA) is 0 Å². The lowest BCUT2D eigenvalue weighted by Gasteiger charge is -1.96. The highest BCUT2D eigenvalue weighted by molar-refractivity contribution is 7.80. The Morgan fingerprint density at radius 3 is 2.77 bits per heavy atom. The average molecular weight is 200 g/mol. The maximum Gasteiger partial charge on any atom is 0.130 e. The zero-order valence-corrected chi connectivity index (χ0v) is 7.90. The van der Waals surface area contributed by atoms with Crippen molar-refractivity contribution in [2.24, 2.45) is 0 Å². The number of halogens is 2. The van der Waals surface area contributed by atoms with Crippen LogP contribution >= 0.6 is 12.6 Å². The number of allylic oxidation sites excluding steroid dienone is 1. The fraction of sp³-hybridized carbons (Fsp3) is 0.200. The fourth-order valence-electron chi connectivity index (χ4n) is 0.927. The number of benzene rings is 1. The lowest BCUT2D eigenvalue weighted by Crippen LogP contribution is -1.83. The smallest absolute Gasteiger partial charge is 0.130 e. The molecule has 0 spiro atoms. The fourth-order valence-corrected chi connectivity index (χ4v) is 1.08. The molecule has 3 heteroatoms. The minimum atomic E-state index is -0.424. The van der Waals surface area contributed by atoms with E-state index < -0.39 is 11.6 Å². The van der Waals surface area contributed by atoms with E-state index in [0.29, 0.717) is 5.75 Å². The molecule has 0 saturated heterocycles. The Hall–Kier alpha value is -0.830. The summed E-state index contributed by atoms with van der Waals surface area (Å²) in [7, 11) is 0. The monoisotopic (exact) mass is 200 g/mol. The second kappa shape index (κ2) is 5.02. The molecule has 0 aliphatic rings. The third-order valence-corrected chi connectivity index (χ3v) is 1.81. The van der Waals surface area contributed by atoms with Crippen LogP contribution in [-0.2, 0) is 0 Å². The largest absolute Gasteiger partial charge is 0.207 e. The summed E-state index contributed by atoms with van der Waals surface area (Å²) < 4.78 is 25.6. The molecule has 0 fully saturated rings. The number of hydrogen-bond acceptors (Lipinski definition) is 1. The first kappa shape index (κ1) is 10.3. The van der Waals surface area contributed by atoms with Gasteiger partial charge in [-0.15, -0.1) is 0 Å². The van der Waals surface area contributed by atoms with E-state index in [4.69, 9.17) is 0 Å². The molecule has 1 aromatic rings. The summed E-state index contributed by atoms with van der Waals surface area (Å²) in [6.45, 7) is 0. The molecule has 1 rings (SSSR count). The molecular weight excluding hydrogens is 190 g/mol. The Balaban J connectivity index is 2.81. The maximum atomic E-state index is 13.0. The highest BCUT2D eigenvalue weighted by Crippen LogP contribution is 2.11. The van der Waals surface area contributed by atoms with Crippen molar-refractivity contribution >= 4 is 18.7 Å². The highest BCUT2D eigenvalue weighted by atomic mass is 32.1. The van der Waals surface area contributed by atoms with Gasteiger partial charge in [-0.3, -0.25) is 0 Å². The molecule has 0 nitrogen and oxygen atoms in total. The van der Waals surface area contributed by atoms with Crippen molar-refractivity contribution < 1.29 is 8.78 Å². The van der Waals surface area contributed by atoms with Crippen LogP contribution in [0.15, 0.2) is 24.3 Å². The van der Waals surface area contributed by atoms with Crippen LogP contribution in [0.25, 0.3) is 6.08 Å². The van der Waals surface area contributed by atoms with Gasteiger partial charge in [-0.1, -0.05) is 12.2 Å². The summed E-state index contributed by atoms with van der Waals surface area (Å²) in [5.41, 5.74) is 0.279. The number of rotatable bonds is 3. The molecule has 70 valence electrons. The van der Waals surface area contributed by atoms with Crippen molar-refractivity contribution in [3.63, 3.8) is 0 Å². The van der Waals surface area contributed by atoms with Crippen molar-refractivity contribution in [2.45, 2.75) is 6.42 Å². The first-order chi connectivity index (χ1) is 6.24. The van der Waals surface area contributed by atoms with Gasteiger partial charge in [0.15, 0.2) is 0 Å². The summed E-state index contributed by atoms with van der Waals surface area (Å²) >= 11 is 3.99. The van der Waals surface area contributed by atoms with Crippen molar-refractivity contribution in [1.82, 2.24) is 0 Å². The van der Waals surface area contributed by atoms with Crippen molar-refractivity contribution in [3.8, 4) is 0 Å². The van der Waals surface area contributed by atoms with Crippen molar-refractivity contribution in [1.29, 1.82) is 0 Å². The predicted molar refractivity (Wildman–Crippen MR) is 53.9 cm³/mol. The third kappa shape index (κ3) is 3.19. The van der Waals surface area contributed by atoms with Gasteiger partial charge in [0.25, 0.3) is 0 Å². The standard InChI is InChI=1S/C10H10F2S/c11-9-4-5-10(12)8(7-9)3-1-2-6-13/h1,3-5,7,13H,2,6H2. The molecule has 0 radical (unpaired) electrons. The molecule has 0 N–H and O–H groups in total. The van der Waals surface area contributed by atoms with E-state index in [1.807, 2.05) is 0 Å². The van der Waals surface area contributed by atoms with Crippen LogP contribution in [0.2, 0.25) is 0 Å². The molecule has 0 bridgehead atoms. The van der Waals surface area contributed by atoms with Crippen LogP contribution in [0.5, 0.6) is 0 Å². The zero-order valence-electron chi connectivity index (χ0n) is 7.00. The molecule has 0 aromatic heterocycles. The van der Waals surface area contributed by atoms with Crippen LogP contribution in [0.1, 0.15) is 12.0 Å². The predicted octanol–water partition coefficient (Wildman–Crippen LogP) is 3.30. The molecular formula is C10H10F2S. The molecule has 0 heterocycles. The molecule has 0 aliphatic heterocycles. The van der Waals surface area contributed by atoms with E-state index >= 15 is 0 Å². The van der Waals surface area contributed by atoms with Crippen LogP contribution in [-0.4, -0.2) is 5.75 Å². The molecule has 0 amide bonds. The Morgan fingerprint density at radius 1 is 1.31 bits per heavy atom. The van der Waals surface area contributed by atoms with E-state index in [0.717, 1.165) is 18.6 Å². The van der Waals surface area contributed by atoms with Gasteiger partial charge in [0.05, 0.1) is 0 Å². The van der Waals surface area contributed by atoms with E-state index in [1.54, 1.807) is 12.2 Å². The van der Waals surface area contributed by atoms with Crippen molar-refractivity contribution in [2.75, 3.05) is 5.75 Å². The van der Waals surface area contributed by atoms with Crippen LogP contribution in [0, 0.1) is 11.6 Å². The van der Waals surface area contributed by atoms with Crippen LogP contribution < -0.4 is 0 Å². The van der Waals surface area contributed by atoms with E-state index in [1.165, 1.54) is 6.07 Å². The summed E-state index contributed by atoms with van der Waals surface area (Å²) in [6.07, 6.45) is 4.08. The summed E-state index contributed by atoms with van der Waals surface area (Å²) in [6, 6.07) is 3.39. The Bertz CT molecular complexity index is 308. The average Bonchev–Trinajstić information content (AvgIpc) is 2.11. The van der Waals surface area contributed by atoms with Crippen LogP contribution in [0.4, 0.5) is 8.78 Å². The highest BCUT2D eigenvalue weighted by Gasteiger charge is 1.98. The number of thiol groups is 1. The quantitative estimate of drug-likeness (QED) is 0.711. The summed E-state index contributed by atoms with van der Waals surface area (Å²) in [4.78, 5) is 0. The molecule has 0 atom stereocenters. The SMILES string of the molecule is Fc1ccc(F)c(C=CCCS)c1. The maximum absolute atomic E-state index is 13.0. The normalized spacial score (nSPS) is 11.0. The van der Waals surface area contributed by atoms with E-state index in [9.17, 15) is 8.78 Å². The Morgan fingerprint density at radius 2 is 2.08 bits per heavy atom. The first-order valence-electron chi connectivity index (χ1n) is 3.96. The van der Waals surface area contributed by atoms with Gasteiger partial charge in [-0.05, 0) is 30.4 Å². The van der Waals surface area contributed by atoms with E-state index in [2.05, 4.69) is 12.6 Å². The molecule has 13 heavy (non-hydrogen) atoms. The second-order valence-corrected chi connectivity index (χ2v) is 3.03. The summed E-state index contributed by atoms with van der Waals surface area (Å²) in [5, 5.41) is 0. The second-order valence-electron chi connectivity index (χ2n) is 2.58. The van der Waals surface area contributed by atoms with Gasteiger partial charge in [0.1, 0.15) is 11.6 Å². The zero-order chi connectivity index (χ0) is 9.68. The van der Waals surface area contributed by atoms with Gasteiger partial charge in [-0.25, -0.2) is 8.78 Å². The number of hydrogen-bond donors (Lipinski definition) is 1. The Kier molecular flexibility index (Phi) is 3.96. The van der Waals surface area contributed by atoms with Gasteiger partial charge in [0.2, 0.25) is 0 Å². The molecule has 1 aromatic carbocycles. The van der Waals surface area contributed by atoms with Gasteiger partial charge >= 0.3 is 0 Å². The molecule has 0 unspecified atom stereocenters. The first-order valence-corrected chi connectivity index (χ1v) is 4.59. The molecule has 0 aliphatic carbocycles. The van der Waals surface area contributed by atoms with E-state index in [-0.39, 0.29) is 5.56 Å². The van der Waals surface area contributed by atoms with Crippen molar-refractivity contribution in [3.05, 3.63) is 41.5 Å². The van der Waals surface area contributed by atoms with Gasteiger partial charge < -0.3 is 0 Å². The lowest BCUT2D eigenvalue weighted by molar-refractivity contribution is 0.598. The Labute approximate surface area is 81.7 Å². The third-order valence-electron chi connectivity index (χ3n) is 1.55. The summed E-state index contributed by atoms with van der Waals surface area (Å²) in [5.74, 6) is -0.128. The minimum Gasteiger partial charge on any atom is -0.207 e. The lowest BCUT2D eigenvalue weighted by atomic mass is 10.2. The van der Waals surface area contributed by atoms with Gasteiger partial charge in [0, 0.05) is 5.56 Å². The molecule has 0 saturated carbocycles. The minimum absolute atomic E-state index is 0.279.